The van der Waals surface area contributed by atoms with E-state index in [1.165, 1.54) is 0 Å². The summed E-state index contributed by atoms with van der Waals surface area (Å²) >= 11 is 5.23. The summed E-state index contributed by atoms with van der Waals surface area (Å²) in [5.41, 5.74) is 0. The molecule has 0 radical (unpaired) electrons. The Labute approximate surface area is 97.1 Å². The maximum atomic E-state index is 11.6. The molecule has 1 unspecified atom stereocenters. The van der Waals surface area contributed by atoms with Crippen molar-refractivity contribution in [2.45, 2.75) is 13.0 Å². The third kappa shape index (κ3) is 2.01. The van der Waals surface area contributed by atoms with E-state index in [-0.39, 0.29) is 12.6 Å². The first kappa shape index (κ1) is 10.9. The summed E-state index contributed by atoms with van der Waals surface area (Å²) in [6, 6.07) is -0.524. The van der Waals surface area contributed by atoms with Crippen LogP contribution in [0.1, 0.15) is 6.92 Å². The van der Waals surface area contributed by atoms with Gasteiger partial charge < -0.3 is 4.74 Å². The highest BCUT2D eigenvalue weighted by atomic mass is 35.5. The molecule has 0 N–H and O–H groups in total. The number of imide groups is 1. The van der Waals surface area contributed by atoms with E-state index in [0.717, 1.165) is 9.91 Å². The second-order valence-electron chi connectivity index (χ2n) is 3.43. The molecule has 2 aliphatic heterocycles. The summed E-state index contributed by atoms with van der Waals surface area (Å²) in [5, 5.41) is 4.35. The molecule has 0 bridgehead atoms. The fraction of sp³-hybridized carbons (Fsp3) is 0.444. The molecule has 2 rings (SSSR count). The van der Waals surface area contributed by atoms with Crippen LogP contribution in [0.3, 0.4) is 0 Å². The average molecular weight is 244 g/mol. The zero-order valence-corrected chi connectivity index (χ0v) is 9.35. The summed E-state index contributed by atoms with van der Waals surface area (Å²) in [4.78, 5) is 23.3. The van der Waals surface area contributed by atoms with E-state index in [1.807, 2.05) is 13.0 Å². The Morgan fingerprint density at radius 3 is 2.88 bits per heavy atom. The van der Waals surface area contributed by atoms with E-state index in [0.29, 0.717) is 12.4 Å². The van der Waals surface area contributed by atoms with Gasteiger partial charge in [0.15, 0.2) is 0 Å². The van der Waals surface area contributed by atoms with Crippen molar-refractivity contribution in [2.24, 2.45) is 5.10 Å². The molecule has 6 nitrogen and oxygen atoms in total. The topological polar surface area (TPSA) is 62.2 Å². The number of rotatable bonds is 1. The Hall–Kier alpha value is -1.56. The van der Waals surface area contributed by atoms with Gasteiger partial charge in [-0.05, 0) is 24.6 Å². The predicted molar refractivity (Wildman–Crippen MR) is 57.2 cm³/mol. The first-order chi connectivity index (χ1) is 7.58. The van der Waals surface area contributed by atoms with Gasteiger partial charge in [-0.15, -0.1) is 5.10 Å². The second kappa shape index (κ2) is 4.13. The molecule has 86 valence electrons. The summed E-state index contributed by atoms with van der Waals surface area (Å²) < 4.78 is 5.28. The van der Waals surface area contributed by atoms with Gasteiger partial charge in [-0.3, -0.25) is 4.79 Å². The molecule has 2 heterocycles. The third-order valence-corrected chi connectivity index (χ3v) is 2.44. The van der Waals surface area contributed by atoms with Crippen molar-refractivity contribution >= 4 is 28.9 Å². The number of amides is 3. The first-order valence-corrected chi connectivity index (χ1v) is 5.17. The van der Waals surface area contributed by atoms with Crippen LogP contribution in [0.5, 0.6) is 0 Å². The normalized spacial score (nSPS) is 26.8. The van der Waals surface area contributed by atoms with Crippen LogP contribution in [0.25, 0.3) is 0 Å². The van der Waals surface area contributed by atoms with E-state index >= 15 is 0 Å². The summed E-state index contributed by atoms with van der Waals surface area (Å²) in [6.45, 7) is 2.43. The number of carbonyl (C=O) groups is 2. The lowest BCUT2D eigenvalue weighted by Crippen LogP contribution is -2.31. The smallest absolute Gasteiger partial charge is 0.348 e. The van der Waals surface area contributed by atoms with Crippen LogP contribution < -0.4 is 0 Å². The van der Waals surface area contributed by atoms with Crippen LogP contribution >= 0.6 is 11.6 Å². The van der Waals surface area contributed by atoms with Crippen LogP contribution in [0, 0.1) is 0 Å². The SMILES string of the molecule is CC1C=CC(=NN2CCN(C(=O)Cl)C2=O)O1. The van der Waals surface area contributed by atoms with Crippen molar-refractivity contribution in [3.8, 4) is 0 Å². The molecular weight excluding hydrogens is 234 g/mol. The van der Waals surface area contributed by atoms with E-state index < -0.39 is 11.4 Å². The Bertz CT molecular complexity index is 393. The summed E-state index contributed by atoms with van der Waals surface area (Å²) in [6.07, 6.45) is 3.47. The molecule has 0 aromatic carbocycles. The molecule has 1 fully saturated rings. The average Bonchev–Trinajstić information content (AvgIpc) is 2.76. The van der Waals surface area contributed by atoms with Crippen LogP contribution in [0.2, 0.25) is 0 Å². The Balaban J connectivity index is 2.06. The molecule has 1 saturated heterocycles. The molecule has 7 heteroatoms. The Kier molecular flexibility index (Phi) is 2.82. The molecule has 1 atom stereocenters. The van der Waals surface area contributed by atoms with E-state index in [2.05, 4.69) is 5.10 Å². The fourth-order valence-electron chi connectivity index (χ4n) is 1.44. The number of nitrogens with zero attached hydrogens (tertiary/aromatic N) is 3. The first-order valence-electron chi connectivity index (χ1n) is 4.80. The number of halogens is 1. The van der Waals surface area contributed by atoms with Crippen LogP contribution in [0.4, 0.5) is 9.59 Å². The minimum absolute atomic E-state index is 0.0396. The maximum absolute atomic E-state index is 11.6. The number of hydrazone groups is 1. The molecule has 0 saturated carbocycles. The molecule has 0 spiro atoms. The molecule has 0 aromatic heterocycles. The molecule has 0 aromatic rings. The quantitative estimate of drug-likeness (QED) is 0.516. The highest BCUT2D eigenvalue weighted by Gasteiger charge is 2.33. The highest BCUT2D eigenvalue weighted by Crippen LogP contribution is 2.14. The van der Waals surface area contributed by atoms with Crippen LogP contribution in [-0.4, -0.2) is 46.4 Å². The minimum Gasteiger partial charge on any atom is -0.469 e. The highest BCUT2D eigenvalue weighted by molar-refractivity contribution is 6.64. The summed E-state index contributed by atoms with van der Waals surface area (Å²) in [7, 11) is 0. The lowest BCUT2D eigenvalue weighted by atomic mass is 10.4. The van der Waals surface area contributed by atoms with Gasteiger partial charge in [-0.1, -0.05) is 0 Å². The van der Waals surface area contributed by atoms with Crippen LogP contribution in [0.15, 0.2) is 17.3 Å². The lowest BCUT2D eigenvalue weighted by Gasteiger charge is -2.11. The van der Waals surface area contributed by atoms with E-state index in [1.54, 1.807) is 6.08 Å². The Morgan fingerprint density at radius 2 is 2.38 bits per heavy atom. The van der Waals surface area contributed by atoms with Gasteiger partial charge in [-0.2, -0.15) is 0 Å². The predicted octanol–water partition coefficient (Wildman–Crippen LogP) is 1.37. The van der Waals surface area contributed by atoms with Gasteiger partial charge in [0.2, 0.25) is 5.90 Å². The fourth-order valence-corrected chi connectivity index (χ4v) is 1.60. The number of urea groups is 1. The zero-order valence-electron chi connectivity index (χ0n) is 8.59. The molecule has 16 heavy (non-hydrogen) atoms. The number of hydrogen-bond acceptors (Lipinski definition) is 4. The van der Waals surface area contributed by atoms with Gasteiger partial charge in [0, 0.05) is 6.08 Å². The standard InChI is InChI=1S/C9H10ClN3O3/c1-6-2-3-7(16-6)11-13-5-4-12(8(10)14)9(13)15/h2-3,6H,4-5H2,1H3. The second-order valence-corrected chi connectivity index (χ2v) is 3.75. The number of hydrogen-bond donors (Lipinski definition) is 0. The van der Waals surface area contributed by atoms with Crippen molar-refractivity contribution < 1.29 is 14.3 Å². The van der Waals surface area contributed by atoms with Crippen molar-refractivity contribution in [3.63, 3.8) is 0 Å². The monoisotopic (exact) mass is 243 g/mol. The molecule has 0 aliphatic carbocycles. The molecule has 2 aliphatic rings. The third-order valence-electron chi connectivity index (χ3n) is 2.24. The summed E-state index contributed by atoms with van der Waals surface area (Å²) in [5.74, 6) is 0.365. The number of ether oxygens (including phenoxy) is 1. The van der Waals surface area contributed by atoms with Gasteiger partial charge in [0.1, 0.15) is 6.10 Å². The minimum atomic E-state index is -0.788. The molecule has 3 amide bonds. The zero-order chi connectivity index (χ0) is 11.7. The van der Waals surface area contributed by atoms with Crippen molar-refractivity contribution in [1.82, 2.24) is 9.91 Å². The van der Waals surface area contributed by atoms with Crippen molar-refractivity contribution in [2.75, 3.05) is 13.1 Å². The van der Waals surface area contributed by atoms with Crippen LogP contribution in [-0.2, 0) is 4.74 Å². The molecular formula is C9H10ClN3O3. The van der Waals surface area contributed by atoms with Gasteiger partial charge in [-0.25, -0.2) is 14.7 Å². The number of carbonyl (C=O) groups excluding carboxylic acids is 2. The van der Waals surface area contributed by atoms with Gasteiger partial charge in [0.25, 0.3) is 0 Å². The Morgan fingerprint density at radius 1 is 1.62 bits per heavy atom. The van der Waals surface area contributed by atoms with Gasteiger partial charge >= 0.3 is 11.4 Å². The van der Waals surface area contributed by atoms with Crippen molar-refractivity contribution in [1.29, 1.82) is 0 Å². The largest absolute Gasteiger partial charge is 0.469 e. The van der Waals surface area contributed by atoms with E-state index in [9.17, 15) is 9.59 Å². The van der Waals surface area contributed by atoms with E-state index in [4.69, 9.17) is 16.3 Å². The lowest BCUT2D eigenvalue weighted by molar-refractivity contribution is 0.192. The maximum Gasteiger partial charge on any atom is 0.348 e. The van der Waals surface area contributed by atoms with Crippen molar-refractivity contribution in [3.05, 3.63) is 12.2 Å². The van der Waals surface area contributed by atoms with Gasteiger partial charge in [0.05, 0.1) is 13.1 Å².